The molecule has 0 aliphatic heterocycles. The van der Waals surface area contributed by atoms with Crippen molar-refractivity contribution < 1.29 is 5.11 Å². The lowest BCUT2D eigenvalue weighted by Gasteiger charge is -2.12. The second kappa shape index (κ2) is 2.40. The van der Waals surface area contributed by atoms with Gasteiger partial charge in [-0.2, -0.15) is 0 Å². The maximum Gasteiger partial charge on any atom is 0.216 e. The normalized spacial score (nSPS) is 16.7. The molecule has 1 radical (unpaired) electrons. The number of rotatable bonds is 0. The molecule has 0 saturated carbocycles. The van der Waals surface area contributed by atoms with Gasteiger partial charge in [-0.05, 0) is 6.92 Å². The van der Waals surface area contributed by atoms with Crippen molar-refractivity contribution in [1.29, 1.82) is 0 Å². The highest BCUT2D eigenvalue weighted by Gasteiger charge is 2.25. The Morgan fingerprint density at radius 2 is 1.57 bits per heavy atom. The Morgan fingerprint density at radius 3 is 1.57 bits per heavy atom. The number of hydrogen-bond donors (Lipinski definition) is 1. The predicted molar refractivity (Wildman–Crippen MR) is 31.7 cm³/mol. The molecule has 0 bridgehead atoms. The smallest absolute Gasteiger partial charge is 0.216 e. The van der Waals surface area contributed by atoms with Crippen LogP contribution in [0.25, 0.3) is 0 Å². The molecule has 0 fully saturated rings. The van der Waals surface area contributed by atoms with Gasteiger partial charge in [-0.3, -0.25) is 0 Å². The summed E-state index contributed by atoms with van der Waals surface area (Å²) in [6, 6.07) is 0. The predicted octanol–water partition coefficient (Wildman–Crippen LogP) is 1.55. The third kappa shape index (κ3) is 3.42. The van der Waals surface area contributed by atoms with E-state index in [1.165, 1.54) is 0 Å². The van der Waals surface area contributed by atoms with Crippen LogP contribution in [0.4, 0.5) is 0 Å². The van der Waals surface area contributed by atoms with E-state index in [1.54, 1.807) is 0 Å². The zero-order valence-corrected chi connectivity index (χ0v) is 5.63. The van der Waals surface area contributed by atoms with E-state index in [0.29, 0.717) is 0 Å². The van der Waals surface area contributed by atoms with Crippen LogP contribution >= 0.6 is 34.8 Å². The first-order valence-corrected chi connectivity index (χ1v) is 2.66. The Balaban J connectivity index is 3.54. The van der Waals surface area contributed by atoms with Crippen molar-refractivity contribution in [3.8, 4) is 0 Å². The average molecular weight is 162 g/mol. The van der Waals surface area contributed by atoms with Gasteiger partial charge < -0.3 is 5.11 Å². The lowest BCUT2D eigenvalue weighted by molar-refractivity contribution is 0.225. The maximum absolute atomic E-state index is 8.38. The third-order valence-corrected chi connectivity index (χ3v) is 1.13. The van der Waals surface area contributed by atoms with Crippen molar-refractivity contribution in [3.63, 3.8) is 0 Å². The second-order valence-corrected chi connectivity index (χ2v) is 3.43. The fraction of sp³-hybridized carbons (Fsp3) is 0.667. The molecule has 7 heavy (non-hydrogen) atoms. The van der Waals surface area contributed by atoms with Crippen molar-refractivity contribution in [3.05, 3.63) is 6.92 Å². The molecular weight excluding hydrogens is 158 g/mol. The molecule has 0 aliphatic rings. The van der Waals surface area contributed by atoms with Gasteiger partial charge in [0, 0.05) is 0 Å². The van der Waals surface area contributed by atoms with E-state index >= 15 is 0 Å². The SMILES string of the molecule is [CH2]C(O)C(Cl)(Cl)Cl. The van der Waals surface area contributed by atoms with Crippen LogP contribution in [-0.2, 0) is 0 Å². The van der Waals surface area contributed by atoms with Crippen LogP contribution in [0.1, 0.15) is 0 Å². The monoisotopic (exact) mass is 161 g/mol. The molecule has 0 spiro atoms. The Labute approximate surface area is 57.2 Å². The van der Waals surface area contributed by atoms with Crippen molar-refractivity contribution in [1.82, 2.24) is 0 Å². The van der Waals surface area contributed by atoms with Gasteiger partial charge in [0.15, 0.2) is 0 Å². The van der Waals surface area contributed by atoms with Crippen LogP contribution in [0.15, 0.2) is 0 Å². The molecule has 0 saturated heterocycles. The van der Waals surface area contributed by atoms with E-state index in [-0.39, 0.29) is 0 Å². The summed E-state index contributed by atoms with van der Waals surface area (Å²) in [6.45, 7) is 3.07. The van der Waals surface area contributed by atoms with Crippen LogP contribution in [0.3, 0.4) is 0 Å². The van der Waals surface area contributed by atoms with E-state index in [2.05, 4.69) is 6.92 Å². The molecule has 1 nitrogen and oxygen atoms in total. The van der Waals surface area contributed by atoms with E-state index < -0.39 is 9.90 Å². The Morgan fingerprint density at radius 1 is 1.43 bits per heavy atom. The largest absolute Gasteiger partial charge is 0.389 e. The number of aliphatic hydroxyl groups excluding tert-OH is 1. The van der Waals surface area contributed by atoms with E-state index in [0.717, 1.165) is 0 Å². The highest BCUT2D eigenvalue weighted by molar-refractivity contribution is 6.68. The zero-order chi connectivity index (χ0) is 6.08. The summed E-state index contributed by atoms with van der Waals surface area (Å²) in [4.78, 5) is 0. The molecule has 4 heteroatoms. The lowest BCUT2D eigenvalue weighted by atomic mass is 10.5. The van der Waals surface area contributed by atoms with Crippen molar-refractivity contribution in [2.24, 2.45) is 0 Å². The summed E-state index contributed by atoms with van der Waals surface area (Å²) in [6.07, 6.45) is -1.16. The molecular formula is C3H4Cl3O. The molecule has 0 amide bonds. The first-order chi connectivity index (χ1) is 2.94. The number of alkyl halides is 3. The number of halogens is 3. The summed E-state index contributed by atoms with van der Waals surface area (Å²) in [5.41, 5.74) is 0. The zero-order valence-electron chi connectivity index (χ0n) is 3.37. The van der Waals surface area contributed by atoms with Gasteiger partial charge in [0.1, 0.15) is 6.10 Å². The highest BCUT2D eigenvalue weighted by atomic mass is 35.6. The highest BCUT2D eigenvalue weighted by Crippen LogP contribution is 2.29. The van der Waals surface area contributed by atoms with Gasteiger partial charge in [-0.1, -0.05) is 34.8 Å². The summed E-state index contributed by atoms with van der Waals surface area (Å²) >= 11 is 15.3. The van der Waals surface area contributed by atoms with E-state index in [1.807, 2.05) is 0 Å². The van der Waals surface area contributed by atoms with Crippen LogP contribution in [0.5, 0.6) is 0 Å². The van der Waals surface area contributed by atoms with Gasteiger partial charge in [0.25, 0.3) is 0 Å². The molecule has 1 N–H and O–H groups in total. The third-order valence-electron chi connectivity index (χ3n) is 0.378. The van der Waals surface area contributed by atoms with Crippen LogP contribution in [-0.4, -0.2) is 15.0 Å². The minimum Gasteiger partial charge on any atom is -0.389 e. The average Bonchev–Trinajstić information content (AvgIpc) is 1.31. The summed E-state index contributed by atoms with van der Waals surface area (Å²) in [5, 5.41) is 8.38. The standard InChI is InChI=1S/C3H4Cl3O/c1-2(7)3(4,5)6/h2,7H,1H2. The quantitative estimate of drug-likeness (QED) is 0.536. The van der Waals surface area contributed by atoms with Crippen LogP contribution in [0, 0.1) is 6.92 Å². The van der Waals surface area contributed by atoms with Gasteiger partial charge in [0.05, 0.1) is 0 Å². The maximum atomic E-state index is 8.38. The minimum atomic E-state index is -1.64. The van der Waals surface area contributed by atoms with E-state index in [4.69, 9.17) is 39.9 Å². The van der Waals surface area contributed by atoms with Gasteiger partial charge in [0.2, 0.25) is 3.79 Å². The van der Waals surface area contributed by atoms with Gasteiger partial charge in [-0.15, -0.1) is 0 Å². The van der Waals surface area contributed by atoms with Crippen molar-refractivity contribution in [2.45, 2.75) is 9.90 Å². The van der Waals surface area contributed by atoms with Gasteiger partial charge in [-0.25, -0.2) is 0 Å². The van der Waals surface area contributed by atoms with Crippen LogP contribution in [0.2, 0.25) is 0 Å². The molecule has 0 aromatic rings. The molecule has 0 aliphatic carbocycles. The summed E-state index contributed by atoms with van der Waals surface area (Å²) in [7, 11) is 0. The fourth-order valence-electron chi connectivity index (χ4n) is 0. The molecule has 0 heterocycles. The Bertz CT molecular complexity index is 55.7. The van der Waals surface area contributed by atoms with Gasteiger partial charge >= 0.3 is 0 Å². The first kappa shape index (κ1) is 7.83. The fourth-order valence-corrected chi connectivity index (χ4v) is 0. The minimum absolute atomic E-state index is 1.16. The number of hydrogen-bond acceptors (Lipinski definition) is 1. The van der Waals surface area contributed by atoms with Crippen molar-refractivity contribution in [2.75, 3.05) is 0 Å². The number of aliphatic hydroxyl groups is 1. The molecule has 0 aromatic heterocycles. The molecule has 43 valence electrons. The molecule has 0 rings (SSSR count). The topological polar surface area (TPSA) is 20.2 Å². The Hall–Kier alpha value is 0.830. The van der Waals surface area contributed by atoms with Crippen LogP contribution < -0.4 is 0 Å². The summed E-state index contributed by atoms with van der Waals surface area (Å²) < 4.78 is -1.64. The van der Waals surface area contributed by atoms with E-state index in [9.17, 15) is 0 Å². The Kier molecular flexibility index (Phi) is 2.69. The lowest BCUT2D eigenvalue weighted by Crippen LogP contribution is -2.20. The first-order valence-electron chi connectivity index (χ1n) is 1.52. The molecule has 0 aromatic carbocycles. The van der Waals surface area contributed by atoms with Crippen molar-refractivity contribution >= 4 is 34.8 Å². The molecule has 1 unspecified atom stereocenters. The second-order valence-electron chi connectivity index (χ2n) is 1.06. The molecule has 1 atom stereocenters. The summed E-state index contributed by atoms with van der Waals surface area (Å²) in [5.74, 6) is 0.